The number of carbonyl (C=O) groups excluding carboxylic acids is 2. The molecule has 2 N–H and O–H groups in total. The number of aromatic nitrogens is 4. The minimum atomic E-state index is -0.615. The molecule has 32 heavy (non-hydrogen) atoms. The number of benzene rings is 2. The Balaban J connectivity index is 1.51. The molecule has 162 valence electrons. The van der Waals surface area contributed by atoms with Crippen LogP contribution in [0.5, 0.6) is 0 Å². The maximum atomic E-state index is 12.7. The number of nitrogens with one attached hydrogen (secondary N) is 2. The Morgan fingerprint density at radius 2 is 1.56 bits per heavy atom. The number of nitrogens with zero attached hydrogens (tertiary/aromatic N) is 4. The van der Waals surface area contributed by atoms with Crippen molar-refractivity contribution in [1.29, 1.82) is 0 Å². The molecule has 2 amide bonds. The van der Waals surface area contributed by atoms with Crippen LogP contribution in [-0.4, -0.2) is 31.4 Å². The second kappa shape index (κ2) is 8.46. The van der Waals surface area contributed by atoms with Crippen LogP contribution in [0.4, 0.5) is 0 Å². The Morgan fingerprint density at radius 1 is 0.906 bits per heavy atom. The third-order valence-electron chi connectivity index (χ3n) is 5.06. The smallest absolute Gasteiger partial charge is 0.267 e. The van der Waals surface area contributed by atoms with Gasteiger partial charge in [0.15, 0.2) is 5.69 Å². The maximum absolute atomic E-state index is 12.7. The fraction of sp³-hybridized carbons (Fsp3) is 0.174. The highest BCUT2D eigenvalue weighted by Crippen LogP contribution is 2.14. The van der Waals surface area contributed by atoms with E-state index in [2.05, 4.69) is 21.0 Å². The van der Waals surface area contributed by atoms with E-state index in [-0.39, 0.29) is 11.3 Å². The summed E-state index contributed by atoms with van der Waals surface area (Å²) in [4.78, 5) is 37.7. The second-order valence-corrected chi connectivity index (χ2v) is 7.31. The Hall–Kier alpha value is -4.27. The van der Waals surface area contributed by atoms with Gasteiger partial charge >= 0.3 is 0 Å². The lowest BCUT2D eigenvalue weighted by atomic mass is 10.1. The van der Waals surface area contributed by atoms with Crippen LogP contribution < -0.4 is 16.4 Å². The van der Waals surface area contributed by atoms with Crippen molar-refractivity contribution in [3.8, 4) is 5.69 Å². The average Bonchev–Trinajstić information content (AvgIpc) is 3.15. The van der Waals surface area contributed by atoms with E-state index in [1.54, 1.807) is 60.1 Å². The molecule has 4 aromatic rings. The number of rotatable bonds is 4. The van der Waals surface area contributed by atoms with E-state index in [1.807, 2.05) is 19.9 Å². The molecule has 2 aromatic carbocycles. The number of carbonyl (C=O) groups is 2. The zero-order valence-corrected chi connectivity index (χ0v) is 17.9. The van der Waals surface area contributed by atoms with Gasteiger partial charge in [0.2, 0.25) is 0 Å². The minimum absolute atomic E-state index is 0.0576. The van der Waals surface area contributed by atoms with Gasteiger partial charge in [-0.15, -0.1) is 0 Å². The molecule has 0 atom stereocenters. The second-order valence-electron chi connectivity index (χ2n) is 7.31. The first-order valence-electron chi connectivity index (χ1n) is 10.1. The maximum Gasteiger partial charge on any atom is 0.290 e. The van der Waals surface area contributed by atoms with Crippen molar-refractivity contribution in [2.24, 2.45) is 0 Å². The van der Waals surface area contributed by atoms with E-state index in [9.17, 15) is 14.4 Å². The van der Waals surface area contributed by atoms with Crippen molar-refractivity contribution in [1.82, 2.24) is 30.4 Å². The molecule has 0 fully saturated rings. The third-order valence-corrected chi connectivity index (χ3v) is 5.06. The summed E-state index contributed by atoms with van der Waals surface area (Å²) in [6.07, 6.45) is 0. The lowest BCUT2D eigenvalue weighted by molar-refractivity contribution is 0.0843. The molecule has 9 heteroatoms. The zero-order valence-electron chi connectivity index (χ0n) is 17.9. The van der Waals surface area contributed by atoms with E-state index in [0.29, 0.717) is 22.9 Å². The minimum Gasteiger partial charge on any atom is -0.267 e. The summed E-state index contributed by atoms with van der Waals surface area (Å²) >= 11 is 0. The van der Waals surface area contributed by atoms with Crippen molar-refractivity contribution in [3.05, 3.63) is 87.6 Å². The molecular weight excluding hydrogens is 408 g/mol. The van der Waals surface area contributed by atoms with Crippen LogP contribution in [0, 0.1) is 13.8 Å². The fourth-order valence-electron chi connectivity index (χ4n) is 3.51. The van der Waals surface area contributed by atoms with Gasteiger partial charge in [0.25, 0.3) is 17.4 Å². The molecule has 0 aliphatic rings. The quantitative estimate of drug-likeness (QED) is 0.483. The standard InChI is InChI=1S/C23H22N6O3/c1-4-28-23(32)19-8-6-5-7-18(19)20(27-28)22(31)25-24-21(30)16-9-11-17(12-10-16)29-15(3)13-14(2)26-29/h5-13H,4H2,1-3H3,(H,24,30)(H,25,31). The van der Waals surface area contributed by atoms with Crippen LogP contribution in [-0.2, 0) is 6.54 Å². The summed E-state index contributed by atoms with van der Waals surface area (Å²) in [5.74, 6) is -1.10. The summed E-state index contributed by atoms with van der Waals surface area (Å²) < 4.78 is 3.01. The molecule has 9 nitrogen and oxygen atoms in total. The van der Waals surface area contributed by atoms with Crippen molar-refractivity contribution in [3.63, 3.8) is 0 Å². The van der Waals surface area contributed by atoms with Crippen molar-refractivity contribution in [2.45, 2.75) is 27.3 Å². The van der Waals surface area contributed by atoms with Gasteiger partial charge in [-0.1, -0.05) is 18.2 Å². The molecule has 0 aliphatic heterocycles. The fourth-order valence-corrected chi connectivity index (χ4v) is 3.51. The number of aryl methyl sites for hydroxylation is 3. The Kier molecular flexibility index (Phi) is 5.55. The van der Waals surface area contributed by atoms with Gasteiger partial charge in [-0.05, 0) is 57.2 Å². The van der Waals surface area contributed by atoms with Gasteiger partial charge in [0.1, 0.15) is 0 Å². The normalized spacial score (nSPS) is 10.8. The monoisotopic (exact) mass is 430 g/mol. The first-order valence-corrected chi connectivity index (χ1v) is 10.1. The summed E-state index contributed by atoms with van der Waals surface area (Å²) in [6, 6.07) is 15.6. The molecule has 0 bridgehead atoms. The lowest BCUT2D eigenvalue weighted by Crippen LogP contribution is -2.42. The molecule has 0 aliphatic carbocycles. The molecule has 0 saturated carbocycles. The highest BCUT2D eigenvalue weighted by molar-refractivity contribution is 6.06. The summed E-state index contributed by atoms with van der Waals surface area (Å²) in [5, 5.41) is 9.39. The van der Waals surface area contributed by atoms with E-state index in [1.165, 1.54) is 4.68 Å². The molecule has 4 rings (SSSR count). The van der Waals surface area contributed by atoms with Gasteiger partial charge < -0.3 is 0 Å². The summed E-state index contributed by atoms with van der Waals surface area (Å²) in [5.41, 5.74) is 7.66. The Morgan fingerprint density at radius 3 is 2.19 bits per heavy atom. The third kappa shape index (κ3) is 3.87. The van der Waals surface area contributed by atoms with Crippen LogP contribution in [0.15, 0.2) is 59.4 Å². The predicted molar refractivity (Wildman–Crippen MR) is 120 cm³/mol. The van der Waals surface area contributed by atoms with Crippen LogP contribution in [0.3, 0.4) is 0 Å². The Bertz CT molecular complexity index is 1390. The SMILES string of the molecule is CCn1nc(C(=O)NNC(=O)c2ccc(-n3nc(C)cc3C)cc2)c2ccccc2c1=O. The van der Waals surface area contributed by atoms with Crippen molar-refractivity contribution < 1.29 is 9.59 Å². The molecule has 2 heterocycles. The summed E-state index contributed by atoms with van der Waals surface area (Å²) in [6.45, 7) is 5.95. The van der Waals surface area contributed by atoms with Crippen LogP contribution in [0.2, 0.25) is 0 Å². The van der Waals surface area contributed by atoms with Crippen LogP contribution in [0.25, 0.3) is 16.5 Å². The van der Waals surface area contributed by atoms with E-state index in [0.717, 1.165) is 17.1 Å². The van der Waals surface area contributed by atoms with Crippen LogP contribution in [0.1, 0.15) is 39.2 Å². The number of hydrogen-bond donors (Lipinski definition) is 2. The van der Waals surface area contributed by atoms with Crippen molar-refractivity contribution >= 4 is 22.6 Å². The molecule has 0 unspecified atom stereocenters. The summed E-state index contributed by atoms with van der Waals surface area (Å²) in [7, 11) is 0. The van der Waals surface area contributed by atoms with Gasteiger partial charge in [-0.2, -0.15) is 10.2 Å². The molecule has 0 saturated heterocycles. The van der Waals surface area contributed by atoms with Gasteiger partial charge in [0, 0.05) is 23.2 Å². The lowest BCUT2D eigenvalue weighted by Gasteiger charge is -2.11. The zero-order chi connectivity index (χ0) is 22.8. The van der Waals surface area contributed by atoms with Crippen molar-refractivity contribution in [2.75, 3.05) is 0 Å². The number of fused-ring (bicyclic) bond motifs is 1. The predicted octanol–water partition coefficient (Wildman–Crippen LogP) is 2.29. The highest BCUT2D eigenvalue weighted by atomic mass is 16.2. The van der Waals surface area contributed by atoms with Gasteiger partial charge in [-0.3, -0.25) is 25.2 Å². The topological polar surface area (TPSA) is 111 Å². The van der Waals surface area contributed by atoms with Gasteiger partial charge in [0.05, 0.1) is 16.8 Å². The number of hydrazine groups is 1. The Labute approximate surface area is 183 Å². The van der Waals surface area contributed by atoms with E-state index < -0.39 is 11.8 Å². The van der Waals surface area contributed by atoms with Gasteiger partial charge in [-0.25, -0.2) is 9.36 Å². The average molecular weight is 430 g/mol. The first kappa shape index (κ1) is 21.0. The number of hydrogen-bond acceptors (Lipinski definition) is 5. The van der Waals surface area contributed by atoms with E-state index in [4.69, 9.17) is 0 Å². The molecule has 0 spiro atoms. The van der Waals surface area contributed by atoms with E-state index >= 15 is 0 Å². The largest absolute Gasteiger partial charge is 0.290 e. The highest BCUT2D eigenvalue weighted by Gasteiger charge is 2.17. The first-order chi connectivity index (χ1) is 15.4. The molecule has 0 radical (unpaired) electrons. The van der Waals surface area contributed by atoms with Crippen LogP contribution >= 0.6 is 0 Å². The number of amides is 2. The molecule has 2 aromatic heterocycles. The molecular formula is C23H22N6O3.